The number of carbonyl (C=O) groups excluding carboxylic acids is 2. The normalized spacial score (nSPS) is 13.7. The van der Waals surface area contributed by atoms with Crippen molar-refractivity contribution >= 4 is 11.9 Å². The zero-order valence-electron chi connectivity index (χ0n) is 12.3. The summed E-state index contributed by atoms with van der Waals surface area (Å²) in [7, 11) is 2.67. The first-order valence-electron chi connectivity index (χ1n) is 6.46. The van der Waals surface area contributed by atoms with E-state index in [0.717, 1.165) is 5.56 Å². The molecule has 0 aliphatic heterocycles. The SMILES string of the molecule is COC(=O)[C@@H](C)N(Cc1ccccc1)[C@@H](C)C(=O)OC. The molecule has 1 rings (SSSR count). The summed E-state index contributed by atoms with van der Waals surface area (Å²) in [6.07, 6.45) is 0. The summed E-state index contributed by atoms with van der Waals surface area (Å²) in [5.74, 6) is -0.756. The third-order valence-corrected chi connectivity index (χ3v) is 3.29. The summed E-state index contributed by atoms with van der Waals surface area (Å²) in [5.41, 5.74) is 1.01. The molecule has 0 spiro atoms. The lowest BCUT2D eigenvalue weighted by Gasteiger charge is -2.31. The van der Waals surface area contributed by atoms with E-state index < -0.39 is 12.1 Å². The second-order valence-corrected chi connectivity index (χ2v) is 4.56. The summed E-state index contributed by atoms with van der Waals surface area (Å²) >= 11 is 0. The number of rotatable bonds is 6. The van der Waals surface area contributed by atoms with E-state index in [1.54, 1.807) is 18.7 Å². The third-order valence-electron chi connectivity index (χ3n) is 3.29. The third kappa shape index (κ3) is 4.06. The fraction of sp³-hybridized carbons (Fsp3) is 0.467. The molecule has 5 nitrogen and oxygen atoms in total. The number of methoxy groups -OCH3 is 2. The molecule has 5 heteroatoms. The second-order valence-electron chi connectivity index (χ2n) is 4.56. The van der Waals surface area contributed by atoms with Crippen molar-refractivity contribution in [3.63, 3.8) is 0 Å². The Bertz CT molecular complexity index is 424. The van der Waals surface area contributed by atoms with E-state index in [1.165, 1.54) is 14.2 Å². The van der Waals surface area contributed by atoms with Crippen LogP contribution in [0.2, 0.25) is 0 Å². The zero-order valence-corrected chi connectivity index (χ0v) is 12.3. The van der Waals surface area contributed by atoms with Crippen molar-refractivity contribution in [1.82, 2.24) is 4.90 Å². The number of benzene rings is 1. The summed E-state index contributed by atoms with van der Waals surface area (Å²) < 4.78 is 9.52. The first kappa shape index (κ1) is 16.2. The molecule has 0 saturated carbocycles. The Labute approximate surface area is 119 Å². The highest BCUT2D eigenvalue weighted by Gasteiger charge is 2.30. The first-order valence-corrected chi connectivity index (χ1v) is 6.46. The van der Waals surface area contributed by atoms with Crippen LogP contribution in [0.1, 0.15) is 19.4 Å². The van der Waals surface area contributed by atoms with Crippen LogP contribution in [0.5, 0.6) is 0 Å². The Hall–Kier alpha value is -1.88. The predicted molar refractivity (Wildman–Crippen MR) is 74.9 cm³/mol. The van der Waals surface area contributed by atoms with Crippen LogP contribution in [0.3, 0.4) is 0 Å². The molecule has 0 fully saturated rings. The zero-order chi connectivity index (χ0) is 15.1. The summed E-state index contributed by atoms with van der Waals surface area (Å²) in [5, 5.41) is 0. The van der Waals surface area contributed by atoms with Gasteiger partial charge >= 0.3 is 11.9 Å². The summed E-state index contributed by atoms with van der Waals surface area (Å²) in [6.45, 7) is 3.90. The molecule has 0 saturated heterocycles. The van der Waals surface area contributed by atoms with Gasteiger partial charge < -0.3 is 9.47 Å². The Morgan fingerprint density at radius 3 is 1.85 bits per heavy atom. The van der Waals surface area contributed by atoms with E-state index in [-0.39, 0.29) is 11.9 Å². The van der Waals surface area contributed by atoms with Gasteiger partial charge in [0.1, 0.15) is 12.1 Å². The van der Waals surface area contributed by atoms with Gasteiger partial charge in [-0.2, -0.15) is 0 Å². The predicted octanol–water partition coefficient (Wildman–Crippen LogP) is 1.61. The topological polar surface area (TPSA) is 55.8 Å². The van der Waals surface area contributed by atoms with E-state index in [1.807, 2.05) is 30.3 Å². The number of esters is 2. The molecule has 110 valence electrons. The van der Waals surface area contributed by atoms with Gasteiger partial charge in [0.2, 0.25) is 0 Å². The van der Waals surface area contributed by atoms with E-state index in [0.29, 0.717) is 6.54 Å². The summed E-state index contributed by atoms with van der Waals surface area (Å²) in [6, 6.07) is 8.57. The molecule has 0 radical (unpaired) electrons. The lowest BCUT2D eigenvalue weighted by molar-refractivity contribution is -0.153. The highest BCUT2D eigenvalue weighted by atomic mass is 16.5. The van der Waals surface area contributed by atoms with Crippen molar-refractivity contribution in [2.45, 2.75) is 32.5 Å². The van der Waals surface area contributed by atoms with Crippen molar-refractivity contribution < 1.29 is 19.1 Å². The van der Waals surface area contributed by atoms with Gasteiger partial charge in [0.05, 0.1) is 14.2 Å². The van der Waals surface area contributed by atoms with Crippen molar-refractivity contribution in [2.75, 3.05) is 14.2 Å². The quantitative estimate of drug-likeness (QED) is 0.741. The maximum absolute atomic E-state index is 11.7. The largest absolute Gasteiger partial charge is 0.468 e. The minimum Gasteiger partial charge on any atom is -0.468 e. The second kappa shape index (κ2) is 7.65. The van der Waals surface area contributed by atoms with E-state index in [4.69, 9.17) is 9.47 Å². The van der Waals surface area contributed by atoms with Crippen LogP contribution in [0.25, 0.3) is 0 Å². The molecule has 0 amide bonds. The smallest absolute Gasteiger partial charge is 0.322 e. The Morgan fingerprint density at radius 2 is 1.45 bits per heavy atom. The fourth-order valence-corrected chi connectivity index (χ4v) is 2.02. The molecule has 0 bridgehead atoms. The molecule has 0 N–H and O–H groups in total. The number of hydrogen-bond acceptors (Lipinski definition) is 5. The number of hydrogen-bond donors (Lipinski definition) is 0. The van der Waals surface area contributed by atoms with Crippen LogP contribution >= 0.6 is 0 Å². The van der Waals surface area contributed by atoms with Crippen LogP contribution in [0, 0.1) is 0 Å². The van der Waals surface area contributed by atoms with Crippen molar-refractivity contribution in [3.8, 4) is 0 Å². The lowest BCUT2D eigenvalue weighted by Crippen LogP contribution is -2.48. The van der Waals surface area contributed by atoms with Gasteiger partial charge in [-0.15, -0.1) is 0 Å². The molecular formula is C15H21NO4. The molecule has 0 aromatic heterocycles. The Kier molecular flexibility index (Phi) is 6.18. The van der Waals surface area contributed by atoms with E-state index in [2.05, 4.69) is 0 Å². The highest BCUT2D eigenvalue weighted by molar-refractivity contribution is 5.79. The molecule has 0 heterocycles. The van der Waals surface area contributed by atoms with Crippen LogP contribution in [-0.4, -0.2) is 43.1 Å². The molecule has 1 aromatic rings. The minimum absolute atomic E-state index is 0.378. The fourth-order valence-electron chi connectivity index (χ4n) is 2.02. The van der Waals surface area contributed by atoms with Gasteiger partial charge in [0.15, 0.2) is 0 Å². The molecule has 20 heavy (non-hydrogen) atoms. The monoisotopic (exact) mass is 279 g/mol. The van der Waals surface area contributed by atoms with E-state index >= 15 is 0 Å². The van der Waals surface area contributed by atoms with Crippen molar-refractivity contribution in [2.24, 2.45) is 0 Å². The first-order chi connectivity index (χ1) is 9.51. The van der Waals surface area contributed by atoms with Crippen LogP contribution in [0.4, 0.5) is 0 Å². The van der Waals surface area contributed by atoms with Gasteiger partial charge in [-0.3, -0.25) is 14.5 Å². The maximum Gasteiger partial charge on any atom is 0.322 e. The molecule has 1 aromatic carbocycles. The molecule has 0 unspecified atom stereocenters. The van der Waals surface area contributed by atoms with Crippen LogP contribution < -0.4 is 0 Å². The van der Waals surface area contributed by atoms with Crippen molar-refractivity contribution in [1.29, 1.82) is 0 Å². The van der Waals surface area contributed by atoms with Gasteiger partial charge in [0.25, 0.3) is 0 Å². The molecule has 0 aliphatic rings. The van der Waals surface area contributed by atoms with Gasteiger partial charge in [0, 0.05) is 6.54 Å². The molecule has 2 atom stereocenters. The number of carbonyl (C=O) groups is 2. The number of ether oxygens (including phenoxy) is 2. The van der Waals surface area contributed by atoms with Crippen LogP contribution in [-0.2, 0) is 25.6 Å². The van der Waals surface area contributed by atoms with Crippen molar-refractivity contribution in [3.05, 3.63) is 35.9 Å². The summed E-state index contributed by atoms with van der Waals surface area (Å²) in [4.78, 5) is 25.2. The highest BCUT2D eigenvalue weighted by Crippen LogP contribution is 2.14. The Balaban J connectivity index is 2.95. The van der Waals surface area contributed by atoms with Gasteiger partial charge in [-0.05, 0) is 19.4 Å². The Morgan fingerprint density at radius 1 is 1.00 bits per heavy atom. The van der Waals surface area contributed by atoms with Crippen LogP contribution in [0.15, 0.2) is 30.3 Å². The minimum atomic E-state index is -0.533. The lowest BCUT2D eigenvalue weighted by atomic mass is 10.1. The average molecular weight is 279 g/mol. The standard InChI is InChI=1S/C15H21NO4/c1-11(14(17)19-3)16(12(2)15(18)20-4)10-13-8-6-5-7-9-13/h5-9,11-12H,10H2,1-4H3/t11-,12+. The number of nitrogens with zero attached hydrogens (tertiary/aromatic N) is 1. The van der Waals surface area contributed by atoms with Gasteiger partial charge in [-0.25, -0.2) is 0 Å². The molecule has 0 aliphatic carbocycles. The molecular weight excluding hydrogens is 258 g/mol. The van der Waals surface area contributed by atoms with Gasteiger partial charge in [-0.1, -0.05) is 30.3 Å². The maximum atomic E-state index is 11.7. The van der Waals surface area contributed by atoms with E-state index in [9.17, 15) is 9.59 Å². The average Bonchev–Trinajstić information content (AvgIpc) is 2.50.